The molecule has 0 aliphatic rings. The van der Waals surface area contributed by atoms with Crippen molar-refractivity contribution in [2.24, 2.45) is 5.10 Å². The van der Waals surface area contributed by atoms with E-state index in [2.05, 4.69) is 15.8 Å². The van der Waals surface area contributed by atoms with Gasteiger partial charge in [0, 0.05) is 5.56 Å². The number of nitrogens with one attached hydrogen (secondary N) is 2. The summed E-state index contributed by atoms with van der Waals surface area (Å²) < 4.78 is 5.73. The Kier molecular flexibility index (Phi) is 7.86. The fourth-order valence-electron chi connectivity index (χ4n) is 3.95. The fraction of sp³-hybridized carbons (Fsp3) is 0.138. The number of amides is 2. The molecule has 0 unspecified atom stereocenters. The Morgan fingerprint density at radius 2 is 1.49 bits per heavy atom. The quantitative estimate of drug-likeness (QED) is 0.279. The van der Waals surface area contributed by atoms with Crippen LogP contribution in [0.1, 0.15) is 29.5 Å². The monoisotopic (exact) mass is 465 g/mol. The zero-order valence-electron chi connectivity index (χ0n) is 19.5. The highest BCUT2D eigenvalue weighted by Crippen LogP contribution is 2.27. The molecule has 0 spiro atoms. The van der Waals surface area contributed by atoms with Gasteiger partial charge in [0.25, 0.3) is 5.91 Å². The average Bonchev–Trinajstić information content (AvgIpc) is 2.90. The molecule has 0 aliphatic heterocycles. The third-order valence-corrected chi connectivity index (χ3v) is 5.56. The van der Waals surface area contributed by atoms with Crippen molar-refractivity contribution in [1.82, 2.24) is 10.7 Å². The van der Waals surface area contributed by atoms with Crippen LogP contribution in [-0.4, -0.2) is 31.2 Å². The van der Waals surface area contributed by atoms with Crippen LogP contribution in [0.15, 0.2) is 102 Å². The Bertz CT molecular complexity index is 1280. The van der Waals surface area contributed by atoms with Crippen molar-refractivity contribution in [3.05, 3.63) is 114 Å². The summed E-state index contributed by atoms with van der Waals surface area (Å²) in [7, 11) is 0. The van der Waals surface area contributed by atoms with Gasteiger partial charge >= 0.3 is 0 Å². The summed E-state index contributed by atoms with van der Waals surface area (Å²) >= 11 is 0. The van der Waals surface area contributed by atoms with Crippen LogP contribution in [-0.2, 0) is 9.59 Å². The van der Waals surface area contributed by atoms with E-state index in [1.54, 1.807) is 6.21 Å². The van der Waals surface area contributed by atoms with Gasteiger partial charge in [-0.1, -0.05) is 91.0 Å². The maximum Gasteiger partial charge on any atom is 0.259 e. The molecule has 35 heavy (non-hydrogen) atoms. The molecule has 4 aromatic rings. The van der Waals surface area contributed by atoms with Gasteiger partial charge < -0.3 is 10.1 Å². The van der Waals surface area contributed by atoms with E-state index >= 15 is 0 Å². The Balaban J connectivity index is 1.43. The minimum Gasteiger partial charge on any atom is -0.493 e. The standard InChI is InChI=1S/C29H27N3O3/c1-2-35-26-18-17-21-11-9-10-16-24(21)25(26)19-31-32-27(33)20-30-29(34)28(22-12-5-3-6-13-22)23-14-7-4-8-15-23/h3-19,28H,2,20H2,1H3,(H,30,34)(H,32,33). The van der Waals surface area contributed by atoms with Crippen LogP contribution in [0.5, 0.6) is 5.75 Å². The lowest BCUT2D eigenvalue weighted by molar-refractivity contribution is -0.126. The molecular weight excluding hydrogens is 438 g/mol. The molecule has 6 heteroatoms. The van der Waals surface area contributed by atoms with Crippen molar-refractivity contribution in [1.29, 1.82) is 0 Å². The molecule has 4 aromatic carbocycles. The second kappa shape index (κ2) is 11.6. The number of ether oxygens (including phenoxy) is 1. The van der Waals surface area contributed by atoms with Gasteiger partial charge in [0.15, 0.2) is 0 Å². The minimum atomic E-state index is -0.516. The molecule has 0 aliphatic carbocycles. The van der Waals surface area contributed by atoms with E-state index in [1.165, 1.54) is 0 Å². The van der Waals surface area contributed by atoms with E-state index in [0.717, 1.165) is 27.5 Å². The number of rotatable bonds is 9. The third kappa shape index (κ3) is 5.92. The summed E-state index contributed by atoms with van der Waals surface area (Å²) in [4.78, 5) is 25.5. The molecule has 0 atom stereocenters. The lowest BCUT2D eigenvalue weighted by Gasteiger charge is -2.17. The van der Waals surface area contributed by atoms with Gasteiger partial charge in [0.2, 0.25) is 5.91 Å². The minimum absolute atomic E-state index is 0.194. The van der Waals surface area contributed by atoms with Crippen LogP contribution < -0.4 is 15.5 Å². The topological polar surface area (TPSA) is 79.8 Å². The first-order valence-electron chi connectivity index (χ1n) is 11.5. The summed E-state index contributed by atoms with van der Waals surface area (Å²) in [6, 6.07) is 30.8. The molecule has 0 bridgehead atoms. The summed E-state index contributed by atoms with van der Waals surface area (Å²) in [6.07, 6.45) is 1.57. The summed E-state index contributed by atoms with van der Waals surface area (Å²) in [5, 5.41) is 8.87. The number of carbonyl (C=O) groups excluding carboxylic acids is 2. The van der Waals surface area contributed by atoms with Crippen LogP contribution in [0, 0.1) is 0 Å². The van der Waals surface area contributed by atoms with Crippen LogP contribution in [0.3, 0.4) is 0 Å². The van der Waals surface area contributed by atoms with E-state index in [0.29, 0.717) is 12.4 Å². The lowest BCUT2D eigenvalue weighted by Crippen LogP contribution is -2.37. The number of nitrogens with zero attached hydrogens (tertiary/aromatic N) is 1. The Hall–Kier alpha value is -4.45. The first-order chi connectivity index (χ1) is 17.2. The molecule has 4 rings (SSSR count). The zero-order chi connectivity index (χ0) is 24.5. The summed E-state index contributed by atoms with van der Waals surface area (Å²) in [5.41, 5.74) is 4.99. The maximum absolute atomic E-state index is 13.1. The smallest absolute Gasteiger partial charge is 0.259 e. The van der Waals surface area contributed by atoms with Gasteiger partial charge in [0.1, 0.15) is 5.75 Å². The Morgan fingerprint density at radius 3 is 2.14 bits per heavy atom. The molecule has 0 saturated heterocycles. The van der Waals surface area contributed by atoms with E-state index < -0.39 is 11.8 Å². The summed E-state index contributed by atoms with van der Waals surface area (Å²) in [5.74, 6) is -0.508. The second-order valence-corrected chi connectivity index (χ2v) is 7.90. The predicted molar refractivity (Wildman–Crippen MR) is 139 cm³/mol. The van der Waals surface area contributed by atoms with Crippen molar-refractivity contribution in [3.8, 4) is 5.75 Å². The third-order valence-electron chi connectivity index (χ3n) is 5.56. The average molecular weight is 466 g/mol. The molecule has 2 N–H and O–H groups in total. The van der Waals surface area contributed by atoms with E-state index in [1.807, 2.05) is 104 Å². The second-order valence-electron chi connectivity index (χ2n) is 7.90. The number of carbonyl (C=O) groups is 2. The van der Waals surface area contributed by atoms with Crippen LogP contribution >= 0.6 is 0 Å². The summed E-state index contributed by atoms with van der Waals surface area (Å²) in [6.45, 7) is 2.24. The first kappa shape index (κ1) is 23.7. The molecule has 0 fully saturated rings. The lowest BCUT2D eigenvalue weighted by atomic mass is 9.90. The highest BCUT2D eigenvalue weighted by atomic mass is 16.5. The van der Waals surface area contributed by atoms with E-state index in [9.17, 15) is 9.59 Å². The van der Waals surface area contributed by atoms with Crippen LogP contribution in [0.25, 0.3) is 10.8 Å². The van der Waals surface area contributed by atoms with Crippen LogP contribution in [0.2, 0.25) is 0 Å². The van der Waals surface area contributed by atoms with Crippen molar-refractivity contribution >= 4 is 28.8 Å². The van der Waals surface area contributed by atoms with Crippen molar-refractivity contribution in [2.75, 3.05) is 13.2 Å². The van der Waals surface area contributed by atoms with E-state index in [4.69, 9.17) is 4.74 Å². The zero-order valence-corrected chi connectivity index (χ0v) is 19.5. The number of hydrazone groups is 1. The van der Waals surface area contributed by atoms with Gasteiger partial charge in [0.05, 0.1) is 25.3 Å². The molecule has 0 saturated carbocycles. The van der Waals surface area contributed by atoms with Gasteiger partial charge in [-0.15, -0.1) is 0 Å². The van der Waals surface area contributed by atoms with Gasteiger partial charge in [-0.2, -0.15) is 5.10 Å². The van der Waals surface area contributed by atoms with Gasteiger partial charge in [-0.25, -0.2) is 5.43 Å². The predicted octanol–water partition coefficient (Wildman–Crippen LogP) is 4.64. The largest absolute Gasteiger partial charge is 0.493 e. The van der Waals surface area contributed by atoms with Crippen molar-refractivity contribution in [3.63, 3.8) is 0 Å². The SMILES string of the molecule is CCOc1ccc2ccccc2c1C=NNC(=O)CNC(=O)C(c1ccccc1)c1ccccc1. The number of hydrogen-bond donors (Lipinski definition) is 2. The highest BCUT2D eigenvalue weighted by molar-refractivity contribution is 6.02. The van der Waals surface area contributed by atoms with E-state index in [-0.39, 0.29) is 12.5 Å². The molecule has 0 radical (unpaired) electrons. The highest BCUT2D eigenvalue weighted by Gasteiger charge is 2.22. The normalized spacial score (nSPS) is 11.0. The first-order valence-corrected chi connectivity index (χ1v) is 11.5. The van der Waals surface area contributed by atoms with Crippen molar-refractivity contribution < 1.29 is 14.3 Å². The number of hydrogen-bond acceptors (Lipinski definition) is 4. The van der Waals surface area contributed by atoms with Crippen molar-refractivity contribution in [2.45, 2.75) is 12.8 Å². The molecule has 0 heterocycles. The van der Waals surface area contributed by atoms with Gasteiger partial charge in [-0.3, -0.25) is 9.59 Å². The van der Waals surface area contributed by atoms with Gasteiger partial charge in [-0.05, 0) is 34.9 Å². The molecule has 2 amide bonds. The molecule has 6 nitrogen and oxygen atoms in total. The molecule has 176 valence electrons. The Labute approximate surface area is 204 Å². The van der Waals surface area contributed by atoms with Crippen LogP contribution in [0.4, 0.5) is 0 Å². The number of benzene rings is 4. The molecule has 0 aromatic heterocycles. The molecular formula is C29H27N3O3. The Morgan fingerprint density at radius 1 is 0.857 bits per heavy atom. The maximum atomic E-state index is 13.1. The fourth-order valence-corrected chi connectivity index (χ4v) is 3.95. The number of fused-ring (bicyclic) bond motifs is 1.